The third kappa shape index (κ3) is 5.55. The molecule has 0 bridgehead atoms. The number of primary amides is 1. The summed E-state index contributed by atoms with van der Waals surface area (Å²) in [6.07, 6.45) is 0. The van der Waals surface area contributed by atoms with Gasteiger partial charge in [0.25, 0.3) is 11.8 Å². The van der Waals surface area contributed by atoms with Crippen LogP contribution in [0.1, 0.15) is 58.1 Å². The van der Waals surface area contributed by atoms with Crippen LogP contribution in [-0.4, -0.2) is 27.6 Å². The Bertz CT molecular complexity index is 1220. The lowest BCUT2D eigenvalue weighted by molar-refractivity contribution is -0.123. The Hall–Kier alpha value is -3.43. The lowest BCUT2D eigenvalue weighted by atomic mass is 10.00. The van der Waals surface area contributed by atoms with E-state index in [1.807, 2.05) is 39.8 Å². The third-order valence-electron chi connectivity index (χ3n) is 4.88. The number of hydrogen-bond acceptors (Lipinski definition) is 6. The van der Waals surface area contributed by atoms with Crippen LogP contribution in [0.2, 0.25) is 5.02 Å². The highest BCUT2D eigenvalue weighted by Gasteiger charge is 2.37. The van der Waals surface area contributed by atoms with E-state index in [2.05, 4.69) is 9.69 Å². The molecule has 3 aromatic rings. The van der Waals surface area contributed by atoms with Gasteiger partial charge in [0.15, 0.2) is 5.69 Å². The van der Waals surface area contributed by atoms with Gasteiger partial charge >= 0.3 is 0 Å². The summed E-state index contributed by atoms with van der Waals surface area (Å²) in [4.78, 5) is 40.5. The summed E-state index contributed by atoms with van der Waals surface area (Å²) in [5.74, 6) is -1.83. The number of aryl methyl sites for hydroxylation is 1. The third-order valence-corrected chi connectivity index (χ3v) is 5.98. The number of nitrogen functional groups attached to an aromatic ring is 1. The zero-order chi connectivity index (χ0) is 25.2. The zero-order valence-corrected chi connectivity index (χ0v) is 20.8. The van der Waals surface area contributed by atoms with Gasteiger partial charge in [-0.3, -0.25) is 19.3 Å². The van der Waals surface area contributed by atoms with Gasteiger partial charge in [-0.1, -0.05) is 41.4 Å². The fraction of sp³-hybridized carbons (Fsp3) is 0.250. The first-order chi connectivity index (χ1) is 15.9. The Labute approximate surface area is 207 Å². The van der Waals surface area contributed by atoms with Crippen LogP contribution < -0.4 is 21.7 Å². The van der Waals surface area contributed by atoms with E-state index >= 15 is 0 Å². The van der Waals surface area contributed by atoms with Crippen LogP contribution in [0.3, 0.4) is 0 Å². The van der Waals surface area contributed by atoms with Crippen LogP contribution in [0, 0.1) is 6.92 Å². The topological polar surface area (TPSA) is 131 Å². The van der Waals surface area contributed by atoms with E-state index in [0.29, 0.717) is 16.3 Å². The van der Waals surface area contributed by atoms with Crippen LogP contribution in [0.5, 0.6) is 0 Å². The predicted octanol–water partition coefficient (Wildman–Crippen LogP) is 4.09. The molecule has 1 aromatic heterocycles. The summed E-state index contributed by atoms with van der Waals surface area (Å²) >= 11 is 6.84. The molecule has 0 spiro atoms. The smallest absolute Gasteiger partial charge is 0.273 e. The molecule has 1 atom stereocenters. The van der Waals surface area contributed by atoms with E-state index in [4.69, 9.17) is 23.1 Å². The Morgan fingerprint density at radius 2 is 1.65 bits per heavy atom. The molecule has 2 aromatic carbocycles. The van der Waals surface area contributed by atoms with Crippen molar-refractivity contribution in [3.63, 3.8) is 0 Å². The van der Waals surface area contributed by atoms with Crippen molar-refractivity contribution < 1.29 is 14.4 Å². The van der Waals surface area contributed by atoms with E-state index in [0.717, 1.165) is 17.1 Å². The highest BCUT2D eigenvalue weighted by atomic mass is 35.5. The summed E-state index contributed by atoms with van der Waals surface area (Å²) in [6, 6.07) is 12.8. The van der Waals surface area contributed by atoms with Crippen LogP contribution in [0.15, 0.2) is 48.5 Å². The molecular formula is C24H26ClN5O3S. The normalized spacial score (nSPS) is 12.1. The molecule has 0 aliphatic rings. The second kappa shape index (κ2) is 9.82. The largest absolute Gasteiger partial charge is 0.395 e. The van der Waals surface area contributed by atoms with Gasteiger partial charge in [-0.2, -0.15) is 4.37 Å². The Balaban J connectivity index is 2.22. The molecule has 8 nitrogen and oxygen atoms in total. The molecule has 3 rings (SSSR count). The number of amides is 3. The minimum Gasteiger partial charge on any atom is -0.395 e. The van der Waals surface area contributed by atoms with Crippen molar-refractivity contribution in [1.29, 1.82) is 0 Å². The van der Waals surface area contributed by atoms with Gasteiger partial charge in [-0.15, -0.1) is 0 Å². The van der Waals surface area contributed by atoms with E-state index in [9.17, 15) is 14.4 Å². The Kier molecular flexibility index (Phi) is 7.28. The molecule has 178 valence electrons. The molecule has 0 aliphatic carbocycles. The molecule has 0 radical (unpaired) electrons. The van der Waals surface area contributed by atoms with Gasteiger partial charge in [0.1, 0.15) is 10.9 Å². The summed E-state index contributed by atoms with van der Waals surface area (Å²) in [5, 5.41) is 3.45. The lowest BCUT2D eigenvalue weighted by Crippen LogP contribution is -2.49. The number of nitrogens with two attached hydrogens (primary N) is 2. The lowest BCUT2D eigenvalue weighted by Gasteiger charge is -2.33. The Morgan fingerprint density at radius 3 is 2.15 bits per heavy atom. The number of rotatable bonds is 6. The number of hydrogen-bond donors (Lipinski definition) is 3. The van der Waals surface area contributed by atoms with Gasteiger partial charge in [0.2, 0.25) is 5.91 Å². The fourth-order valence-electron chi connectivity index (χ4n) is 3.33. The monoisotopic (exact) mass is 499 g/mol. The van der Waals surface area contributed by atoms with Crippen LogP contribution in [-0.2, 0) is 4.79 Å². The van der Waals surface area contributed by atoms with E-state index in [-0.39, 0.29) is 16.3 Å². The second-order valence-corrected chi connectivity index (χ2v) is 10.1. The number of carbonyl (C=O) groups is 3. The van der Waals surface area contributed by atoms with Crippen molar-refractivity contribution >= 4 is 52.2 Å². The number of nitrogens with zero attached hydrogens (tertiary/aromatic N) is 2. The highest BCUT2D eigenvalue weighted by Crippen LogP contribution is 2.34. The maximum atomic E-state index is 13.9. The number of halogens is 1. The number of nitrogens with one attached hydrogen (secondary N) is 1. The Morgan fingerprint density at radius 1 is 1.06 bits per heavy atom. The summed E-state index contributed by atoms with van der Waals surface area (Å²) < 4.78 is 3.95. The van der Waals surface area contributed by atoms with Gasteiger partial charge in [0, 0.05) is 16.2 Å². The second-order valence-electron chi connectivity index (χ2n) is 8.84. The molecular weight excluding hydrogens is 474 g/mol. The zero-order valence-electron chi connectivity index (χ0n) is 19.3. The van der Waals surface area contributed by atoms with Crippen molar-refractivity contribution in [2.24, 2.45) is 5.73 Å². The van der Waals surface area contributed by atoms with Gasteiger partial charge in [-0.25, -0.2) is 0 Å². The van der Waals surface area contributed by atoms with Crippen LogP contribution >= 0.6 is 23.1 Å². The molecule has 3 amide bonds. The average Bonchev–Trinajstić information content (AvgIpc) is 3.13. The van der Waals surface area contributed by atoms with Crippen molar-refractivity contribution in [1.82, 2.24) is 9.69 Å². The maximum absolute atomic E-state index is 13.9. The summed E-state index contributed by atoms with van der Waals surface area (Å²) in [6.45, 7) is 7.46. The number of benzene rings is 2. The standard InChI is InChI=1S/C24H26ClN5O3S/c1-13-5-11-16(12-6-13)30(23(33)20-17(26)18(21(27)31)29-34-20)19(22(32)28-24(2,3)4)14-7-9-15(25)10-8-14/h5-12,19H,26H2,1-4H3,(H2,27,31)(H,28,32)/t19-/m0/s1. The molecule has 0 fully saturated rings. The van der Waals surface area contributed by atoms with Crippen molar-refractivity contribution in [2.45, 2.75) is 39.3 Å². The number of aromatic nitrogens is 1. The first-order valence-corrected chi connectivity index (χ1v) is 11.6. The predicted molar refractivity (Wildman–Crippen MR) is 135 cm³/mol. The van der Waals surface area contributed by atoms with Crippen LogP contribution in [0.25, 0.3) is 0 Å². The van der Waals surface area contributed by atoms with Crippen molar-refractivity contribution in [2.75, 3.05) is 10.6 Å². The molecule has 0 unspecified atom stereocenters. The molecule has 0 aliphatic heterocycles. The van der Waals surface area contributed by atoms with Crippen LogP contribution in [0.4, 0.5) is 11.4 Å². The molecule has 0 saturated heterocycles. The average molecular weight is 500 g/mol. The minimum atomic E-state index is -1.06. The molecule has 10 heteroatoms. The van der Waals surface area contributed by atoms with Crippen molar-refractivity contribution in [3.8, 4) is 0 Å². The summed E-state index contributed by atoms with van der Waals surface area (Å²) in [5.41, 5.74) is 12.5. The quantitative estimate of drug-likeness (QED) is 0.470. The van der Waals surface area contributed by atoms with E-state index < -0.39 is 29.3 Å². The first kappa shape index (κ1) is 25.2. The molecule has 1 heterocycles. The SMILES string of the molecule is Cc1ccc(N(C(=O)c2snc(C(N)=O)c2N)[C@H](C(=O)NC(C)(C)C)c2ccc(Cl)cc2)cc1. The molecule has 34 heavy (non-hydrogen) atoms. The summed E-state index contributed by atoms with van der Waals surface area (Å²) in [7, 11) is 0. The first-order valence-electron chi connectivity index (χ1n) is 10.4. The number of anilines is 2. The molecule has 0 saturated carbocycles. The van der Waals surface area contributed by atoms with Gasteiger partial charge in [0.05, 0.1) is 5.69 Å². The van der Waals surface area contributed by atoms with Crippen molar-refractivity contribution in [3.05, 3.63) is 75.3 Å². The van der Waals surface area contributed by atoms with Gasteiger partial charge in [-0.05, 0) is 69.1 Å². The minimum absolute atomic E-state index is 0.0110. The highest BCUT2D eigenvalue weighted by molar-refractivity contribution is 7.09. The maximum Gasteiger partial charge on any atom is 0.273 e. The van der Waals surface area contributed by atoms with E-state index in [1.54, 1.807) is 36.4 Å². The van der Waals surface area contributed by atoms with E-state index in [1.165, 1.54) is 4.90 Å². The molecule has 5 N–H and O–H groups in total. The fourth-order valence-corrected chi connectivity index (χ4v) is 4.20. The van der Waals surface area contributed by atoms with Gasteiger partial charge < -0.3 is 16.8 Å². The number of carbonyl (C=O) groups excluding carboxylic acids is 3.